The quantitative estimate of drug-likeness (QED) is 0.807. The maximum absolute atomic E-state index is 11.7. The zero-order valence-corrected chi connectivity index (χ0v) is 10.5. The third-order valence-electron chi connectivity index (χ3n) is 3.18. The number of fused-ring (bicyclic) bond motifs is 1. The number of nitrogen functional groups attached to an aromatic ring is 1. The Morgan fingerprint density at radius 2 is 2.00 bits per heavy atom. The molecule has 0 saturated carbocycles. The Hall–Kier alpha value is -2.49. The Balaban J connectivity index is 1.91. The van der Waals surface area contributed by atoms with Crippen LogP contribution in [0.2, 0.25) is 0 Å². The molecule has 0 atom stereocenters. The molecule has 0 unspecified atom stereocenters. The van der Waals surface area contributed by atoms with Crippen LogP contribution in [-0.2, 0) is 11.3 Å². The van der Waals surface area contributed by atoms with Gasteiger partial charge in [-0.05, 0) is 29.8 Å². The van der Waals surface area contributed by atoms with Crippen LogP contribution in [0.5, 0.6) is 0 Å². The Labute approximate surface area is 111 Å². The van der Waals surface area contributed by atoms with Gasteiger partial charge in [0.1, 0.15) is 0 Å². The number of amides is 1. The fraction of sp³-hybridized carbons (Fsp3) is 0.133. The number of carbonyl (C=O) groups excluding carboxylic acids is 1. The van der Waals surface area contributed by atoms with Gasteiger partial charge in [-0.1, -0.05) is 24.3 Å². The molecule has 0 aromatic heterocycles. The first-order chi connectivity index (χ1) is 9.22. The van der Waals surface area contributed by atoms with Crippen LogP contribution in [0.3, 0.4) is 0 Å². The van der Waals surface area contributed by atoms with Crippen LogP contribution in [0, 0.1) is 0 Å². The highest BCUT2D eigenvalue weighted by Crippen LogP contribution is 2.30. The summed E-state index contributed by atoms with van der Waals surface area (Å²) in [5, 5.41) is 2.88. The van der Waals surface area contributed by atoms with Gasteiger partial charge in [-0.15, -0.1) is 0 Å². The summed E-state index contributed by atoms with van der Waals surface area (Å²) in [6.07, 6.45) is 0. The number of hydrogen-bond donors (Lipinski definition) is 2. The van der Waals surface area contributed by atoms with E-state index in [1.54, 1.807) is 0 Å². The van der Waals surface area contributed by atoms with Gasteiger partial charge in [0, 0.05) is 12.2 Å². The lowest BCUT2D eigenvalue weighted by molar-refractivity contribution is -0.115. The standard InChI is InChI=1S/C15H15N3O/c16-12-5-3-4-11(8-12)9-18-10-15(19)17-13-6-1-2-7-14(13)18/h1-8H,9-10,16H2,(H,17,19). The van der Waals surface area contributed by atoms with E-state index in [4.69, 9.17) is 5.73 Å². The minimum atomic E-state index is 0.0163. The molecule has 0 fully saturated rings. The van der Waals surface area contributed by atoms with Crippen LogP contribution in [0.4, 0.5) is 17.1 Å². The third kappa shape index (κ3) is 2.38. The Morgan fingerprint density at radius 1 is 1.16 bits per heavy atom. The van der Waals surface area contributed by atoms with Crippen molar-refractivity contribution in [3.8, 4) is 0 Å². The van der Waals surface area contributed by atoms with Crippen molar-refractivity contribution in [1.29, 1.82) is 0 Å². The van der Waals surface area contributed by atoms with E-state index in [0.717, 1.165) is 22.6 Å². The normalized spacial score (nSPS) is 13.9. The number of nitrogens with one attached hydrogen (secondary N) is 1. The second kappa shape index (κ2) is 4.65. The minimum Gasteiger partial charge on any atom is -0.399 e. The van der Waals surface area contributed by atoms with E-state index in [1.165, 1.54) is 0 Å². The minimum absolute atomic E-state index is 0.0163. The summed E-state index contributed by atoms with van der Waals surface area (Å²) < 4.78 is 0. The molecular formula is C15H15N3O. The van der Waals surface area contributed by atoms with Gasteiger partial charge in [-0.2, -0.15) is 0 Å². The zero-order chi connectivity index (χ0) is 13.2. The molecule has 2 aromatic rings. The van der Waals surface area contributed by atoms with Gasteiger partial charge in [0.15, 0.2) is 0 Å². The lowest BCUT2D eigenvalue weighted by Crippen LogP contribution is -2.37. The molecule has 1 aliphatic heterocycles. The van der Waals surface area contributed by atoms with Gasteiger partial charge < -0.3 is 16.0 Å². The van der Waals surface area contributed by atoms with Gasteiger partial charge >= 0.3 is 0 Å². The van der Waals surface area contributed by atoms with Crippen molar-refractivity contribution in [2.45, 2.75) is 6.54 Å². The molecule has 1 heterocycles. The first-order valence-corrected chi connectivity index (χ1v) is 6.20. The van der Waals surface area contributed by atoms with Crippen molar-refractivity contribution in [2.24, 2.45) is 0 Å². The summed E-state index contributed by atoms with van der Waals surface area (Å²) in [6, 6.07) is 15.6. The Bertz CT molecular complexity index is 624. The molecule has 4 nitrogen and oxygen atoms in total. The van der Waals surface area contributed by atoms with Crippen LogP contribution >= 0.6 is 0 Å². The first kappa shape index (κ1) is 11.6. The average Bonchev–Trinajstić information content (AvgIpc) is 2.38. The highest BCUT2D eigenvalue weighted by atomic mass is 16.2. The Morgan fingerprint density at radius 3 is 2.84 bits per heavy atom. The summed E-state index contributed by atoms with van der Waals surface area (Å²) in [6.45, 7) is 1.04. The topological polar surface area (TPSA) is 58.4 Å². The molecular weight excluding hydrogens is 238 g/mol. The van der Waals surface area contributed by atoms with Crippen molar-refractivity contribution >= 4 is 23.0 Å². The van der Waals surface area contributed by atoms with Crippen LogP contribution in [0.1, 0.15) is 5.56 Å². The second-order valence-corrected chi connectivity index (χ2v) is 4.67. The van der Waals surface area contributed by atoms with Gasteiger partial charge in [-0.3, -0.25) is 4.79 Å². The van der Waals surface area contributed by atoms with Crippen LogP contribution in [0.15, 0.2) is 48.5 Å². The number of anilines is 3. The maximum atomic E-state index is 11.7. The summed E-state index contributed by atoms with van der Waals surface area (Å²) in [5.74, 6) is 0.0163. The number of carbonyl (C=O) groups is 1. The van der Waals surface area contributed by atoms with Crippen molar-refractivity contribution < 1.29 is 4.79 Å². The summed E-state index contributed by atoms with van der Waals surface area (Å²) in [7, 11) is 0. The predicted molar refractivity (Wildman–Crippen MR) is 77.0 cm³/mol. The van der Waals surface area contributed by atoms with Gasteiger partial charge in [0.25, 0.3) is 0 Å². The molecule has 0 saturated heterocycles. The zero-order valence-electron chi connectivity index (χ0n) is 10.5. The smallest absolute Gasteiger partial charge is 0.243 e. The largest absolute Gasteiger partial charge is 0.399 e. The van der Waals surface area contributed by atoms with Gasteiger partial charge in [-0.25, -0.2) is 0 Å². The van der Waals surface area contributed by atoms with E-state index in [-0.39, 0.29) is 5.91 Å². The molecule has 1 amide bonds. The third-order valence-corrected chi connectivity index (χ3v) is 3.18. The molecule has 3 N–H and O–H groups in total. The molecule has 0 aliphatic carbocycles. The Kier molecular flexibility index (Phi) is 2.83. The summed E-state index contributed by atoms with van der Waals surface area (Å²) >= 11 is 0. The first-order valence-electron chi connectivity index (χ1n) is 6.20. The van der Waals surface area contributed by atoms with Crippen LogP contribution in [0.25, 0.3) is 0 Å². The van der Waals surface area contributed by atoms with E-state index in [2.05, 4.69) is 10.2 Å². The van der Waals surface area contributed by atoms with Crippen molar-refractivity contribution in [2.75, 3.05) is 22.5 Å². The highest BCUT2D eigenvalue weighted by molar-refractivity contribution is 6.01. The van der Waals surface area contributed by atoms with E-state index in [9.17, 15) is 4.79 Å². The van der Waals surface area contributed by atoms with Crippen LogP contribution < -0.4 is 16.0 Å². The summed E-state index contributed by atoms with van der Waals surface area (Å²) in [4.78, 5) is 13.8. The lowest BCUT2D eigenvalue weighted by Gasteiger charge is -2.30. The van der Waals surface area contributed by atoms with E-state index >= 15 is 0 Å². The highest BCUT2D eigenvalue weighted by Gasteiger charge is 2.21. The van der Waals surface area contributed by atoms with E-state index in [1.807, 2.05) is 48.5 Å². The number of hydrogen-bond acceptors (Lipinski definition) is 3. The predicted octanol–water partition coefficient (Wildman–Crippen LogP) is 2.23. The number of rotatable bonds is 2. The fourth-order valence-electron chi connectivity index (χ4n) is 2.36. The molecule has 3 rings (SSSR count). The molecule has 0 radical (unpaired) electrons. The average molecular weight is 253 g/mol. The van der Waals surface area contributed by atoms with E-state index < -0.39 is 0 Å². The monoisotopic (exact) mass is 253 g/mol. The molecule has 0 bridgehead atoms. The van der Waals surface area contributed by atoms with Crippen molar-refractivity contribution in [1.82, 2.24) is 0 Å². The maximum Gasteiger partial charge on any atom is 0.243 e. The number of benzene rings is 2. The SMILES string of the molecule is Nc1cccc(CN2CC(=O)Nc3ccccc32)c1. The molecule has 96 valence electrons. The number of nitrogens with zero attached hydrogens (tertiary/aromatic N) is 1. The summed E-state index contributed by atoms with van der Waals surface area (Å²) in [5.41, 5.74) is 9.54. The van der Waals surface area contributed by atoms with E-state index in [0.29, 0.717) is 13.1 Å². The fourth-order valence-corrected chi connectivity index (χ4v) is 2.36. The molecule has 19 heavy (non-hydrogen) atoms. The van der Waals surface area contributed by atoms with Crippen LogP contribution in [-0.4, -0.2) is 12.5 Å². The molecule has 0 spiro atoms. The molecule has 4 heteroatoms. The van der Waals surface area contributed by atoms with Crippen molar-refractivity contribution in [3.05, 3.63) is 54.1 Å². The van der Waals surface area contributed by atoms with Gasteiger partial charge in [0.05, 0.1) is 17.9 Å². The van der Waals surface area contributed by atoms with Crippen molar-refractivity contribution in [3.63, 3.8) is 0 Å². The molecule has 2 aromatic carbocycles. The molecule has 1 aliphatic rings. The number of para-hydroxylation sites is 2. The number of nitrogens with two attached hydrogens (primary N) is 1. The van der Waals surface area contributed by atoms with Gasteiger partial charge in [0.2, 0.25) is 5.91 Å². The lowest BCUT2D eigenvalue weighted by atomic mass is 10.1. The second-order valence-electron chi connectivity index (χ2n) is 4.67.